The van der Waals surface area contributed by atoms with Gasteiger partial charge in [0.2, 0.25) is 0 Å². The van der Waals surface area contributed by atoms with Gasteiger partial charge in [-0.15, -0.1) is 0 Å². The minimum absolute atomic E-state index is 0.136. The molecule has 0 aliphatic carbocycles. The van der Waals surface area contributed by atoms with Crippen LogP contribution in [0.4, 0.5) is 0 Å². The number of rotatable bonds is 6. The van der Waals surface area contributed by atoms with Crippen LogP contribution in [0.3, 0.4) is 0 Å². The second-order valence-corrected chi connectivity index (χ2v) is 5.61. The van der Waals surface area contributed by atoms with Gasteiger partial charge in [-0.1, -0.05) is 23.2 Å². The van der Waals surface area contributed by atoms with E-state index in [-0.39, 0.29) is 12.5 Å². The number of nitrogens with one attached hydrogen (secondary N) is 1. The Balaban J connectivity index is 1.95. The van der Waals surface area contributed by atoms with Crippen LogP contribution in [0.5, 0.6) is 11.5 Å². The highest BCUT2D eigenvalue weighted by atomic mass is 35.5. The zero-order valence-corrected chi connectivity index (χ0v) is 14.6. The molecule has 2 rings (SSSR count). The molecule has 0 bridgehead atoms. The highest BCUT2D eigenvalue weighted by Crippen LogP contribution is 2.20. The molecule has 1 N–H and O–H groups in total. The minimum atomic E-state index is -0.351. The summed E-state index contributed by atoms with van der Waals surface area (Å²) in [6.07, 6.45) is 0. The van der Waals surface area contributed by atoms with Crippen molar-refractivity contribution >= 4 is 23.2 Å². The van der Waals surface area contributed by atoms with Gasteiger partial charge in [0.25, 0.3) is 5.91 Å². The van der Waals surface area contributed by atoms with Crippen LogP contribution in [0.25, 0.3) is 0 Å². The summed E-state index contributed by atoms with van der Waals surface area (Å²) in [6, 6.07) is 12.6. The average molecular weight is 347 g/mol. The molecule has 0 atom stereocenters. The number of nitrogens with zero attached hydrogens (tertiary/aromatic N) is 1. The van der Waals surface area contributed by atoms with E-state index in [1.54, 1.807) is 38.3 Å². The van der Waals surface area contributed by atoms with Crippen molar-refractivity contribution < 1.29 is 14.3 Å². The lowest BCUT2D eigenvalue weighted by atomic mass is 10.1. The minimum Gasteiger partial charge on any atom is -0.496 e. The van der Waals surface area contributed by atoms with Gasteiger partial charge in [0.15, 0.2) is 6.61 Å². The van der Waals surface area contributed by atoms with E-state index < -0.39 is 0 Å². The van der Waals surface area contributed by atoms with Crippen LogP contribution < -0.4 is 14.9 Å². The second kappa shape index (κ2) is 8.36. The Hall–Kier alpha value is -2.53. The molecule has 24 heavy (non-hydrogen) atoms. The quantitative estimate of drug-likeness (QED) is 0.642. The molecule has 0 fully saturated rings. The summed E-state index contributed by atoms with van der Waals surface area (Å²) >= 11 is 5.79. The Morgan fingerprint density at radius 3 is 2.58 bits per heavy atom. The highest BCUT2D eigenvalue weighted by Gasteiger charge is 2.08. The van der Waals surface area contributed by atoms with Crippen molar-refractivity contribution in [1.29, 1.82) is 0 Å². The first-order chi connectivity index (χ1) is 11.5. The Morgan fingerprint density at radius 2 is 1.92 bits per heavy atom. The van der Waals surface area contributed by atoms with Gasteiger partial charge in [0, 0.05) is 10.6 Å². The Morgan fingerprint density at radius 1 is 1.21 bits per heavy atom. The first-order valence-corrected chi connectivity index (χ1v) is 7.74. The number of ether oxygens (including phenoxy) is 2. The van der Waals surface area contributed by atoms with Crippen molar-refractivity contribution in [3.05, 3.63) is 58.6 Å². The van der Waals surface area contributed by atoms with Crippen LogP contribution in [0.15, 0.2) is 47.6 Å². The monoisotopic (exact) mass is 346 g/mol. The van der Waals surface area contributed by atoms with Gasteiger partial charge in [-0.2, -0.15) is 5.10 Å². The summed E-state index contributed by atoms with van der Waals surface area (Å²) in [6.45, 7) is 3.65. The smallest absolute Gasteiger partial charge is 0.277 e. The van der Waals surface area contributed by atoms with Crippen LogP contribution in [0.1, 0.15) is 18.1 Å². The summed E-state index contributed by atoms with van der Waals surface area (Å²) in [4.78, 5) is 11.8. The molecule has 0 unspecified atom stereocenters. The average Bonchev–Trinajstić information content (AvgIpc) is 2.59. The molecule has 0 spiro atoms. The van der Waals surface area contributed by atoms with E-state index in [4.69, 9.17) is 21.1 Å². The molecule has 2 aromatic carbocycles. The van der Waals surface area contributed by atoms with Crippen molar-refractivity contribution in [2.45, 2.75) is 13.8 Å². The van der Waals surface area contributed by atoms with Crippen molar-refractivity contribution in [2.75, 3.05) is 13.7 Å². The number of aryl methyl sites for hydroxylation is 1. The van der Waals surface area contributed by atoms with E-state index >= 15 is 0 Å². The largest absolute Gasteiger partial charge is 0.496 e. The number of amides is 1. The van der Waals surface area contributed by atoms with E-state index in [9.17, 15) is 4.79 Å². The summed E-state index contributed by atoms with van der Waals surface area (Å²) in [5.74, 6) is 0.917. The van der Waals surface area contributed by atoms with E-state index in [0.717, 1.165) is 11.1 Å². The van der Waals surface area contributed by atoms with Crippen LogP contribution in [0.2, 0.25) is 5.02 Å². The normalized spacial score (nSPS) is 11.1. The number of benzene rings is 2. The zero-order valence-electron chi connectivity index (χ0n) is 13.8. The fraction of sp³-hybridized carbons (Fsp3) is 0.222. The molecule has 0 saturated carbocycles. The molecule has 126 valence electrons. The van der Waals surface area contributed by atoms with E-state index in [1.807, 2.05) is 25.1 Å². The molecule has 6 heteroatoms. The SMILES string of the molecule is COc1ccc(C)cc1/C(C)=N\NC(=O)COc1ccc(Cl)cc1. The zero-order chi connectivity index (χ0) is 17.5. The highest BCUT2D eigenvalue weighted by molar-refractivity contribution is 6.30. The van der Waals surface area contributed by atoms with E-state index in [2.05, 4.69) is 10.5 Å². The molecule has 2 aromatic rings. The van der Waals surface area contributed by atoms with Gasteiger partial charge in [0.1, 0.15) is 11.5 Å². The van der Waals surface area contributed by atoms with Crippen molar-refractivity contribution in [2.24, 2.45) is 5.10 Å². The lowest BCUT2D eigenvalue weighted by Gasteiger charge is -2.09. The number of hydrogen-bond acceptors (Lipinski definition) is 4. The van der Waals surface area contributed by atoms with Gasteiger partial charge in [-0.3, -0.25) is 4.79 Å². The van der Waals surface area contributed by atoms with Crippen molar-refractivity contribution in [3.63, 3.8) is 0 Å². The molecular formula is C18H19ClN2O3. The third kappa shape index (κ3) is 4.99. The third-order valence-corrected chi connectivity index (χ3v) is 3.53. The maximum Gasteiger partial charge on any atom is 0.277 e. The van der Waals surface area contributed by atoms with Gasteiger partial charge in [0.05, 0.1) is 12.8 Å². The van der Waals surface area contributed by atoms with Crippen LogP contribution in [-0.2, 0) is 4.79 Å². The van der Waals surface area contributed by atoms with Crippen LogP contribution in [0, 0.1) is 6.92 Å². The predicted molar refractivity (Wildman–Crippen MR) is 95.0 cm³/mol. The van der Waals surface area contributed by atoms with Gasteiger partial charge >= 0.3 is 0 Å². The molecule has 1 amide bonds. The summed E-state index contributed by atoms with van der Waals surface area (Å²) < 4.78 is 10.7. The molecule has 0 aromatic heterocycles. The molecule has 0 radical (unpaired) electrons. The number of hydrogen-bond donors (Lipinski definition) is 1. The first-order valence-electron chi connectivity index (χ1n) is 7.36. The van der Waals surface area contributed by atoms with E-state index in [0.29, 0.717) is 22.2 Å². The first kappa shape index (κ1) is 17.8. The molecule has 0 saturated heterocycles. The lowest BCUT2D eigenvalue weighted by molar-refractivity contribution is -0.123. The standard InChI is InChI=1S/C18H19ClN2O3/c1-12-4-9-17(23-3)16(10-12)13(2)20-21-18(22)11-24-15-7-5-14(19)6-8-15/h4-10H,11H2,1-3H3,(H,21,22)/b20-13-. The van der Waals surface area contributed by atoms with E-state index in [1.165, 1.54) is 0 Å². The van der Waals surface area contributed by atoms with Gasteiger partial charge in [-0.05, 0) is 50.2 Å². The number of methoxy groups -OCH3 is 1. The fourth-order valence-electron chi connectivity index (χ4n) is 2.02. The van der Waals surface area contributed by atoms with Crippen LogP contribution in [-0.4, -0.2) is 25.3 Å². The molecule has 5 nitrogen and oxygen atoms in total. The Kier molecular flexibility index (Phi) is 6.21. The molecule has 0 aliphatic heterocycles. The molecule has 0 heterocycles. The van der Waals surface area contributed by atoms with Crippen molar-refractivity contribution in [3.8, 4) is 11.5 Å². The van der Waals surface area contributed by atoms with Gasteiger partial charge in [-0.25, -0.2) is 5.43 Å². The maximum absolute atomic E-state index is 11.8. The number of halogens is 1. The summed E-state index contributed by atoms with van der Waals surface area (Å²) in [5.41, 5.74) is 5.04. The maximum atomic E-state index is 11.8. The second-order valence-electron chi connectivity index (χ2n) is 5.18. The third-order valence-electron chi connectivity index (χ3n) is 3.28. The van der Waals surface area contributed by atoms with Gasteiger partial charge < -0.3 is 9.47 Å². The Labute approximate surface area is 146 Å². The number of hydrazone groups is 1. The predicted octanol–water partition coefficient (Wildman–Crippen LogP) is 3.58. The molecule has 0 aliphatic rings. The lowest BCUT2D eigenvalue weighted by Crippen LogP contribution is -2.25. The topological polar surface area (TPSA) is 59.9 Å². The number of carbonyl (C=O) groups is 1. The van der Waals surface area contributed by atoms with Crippen molar-refractivity contribution in [1.82, 2.24) is 5.43 Å². The molecular weight excluding hydrogens is 328 g/mol. The summed E-state index contributed by atoms with van der Waals surface area (Å²) in [5, 5.41) is 4.72. The fourth-order valence-corrected chi connectivity index (χ4v) is 2.15. The van der Waals surface area contributed by atoms with Crippen LogP contribution >= 0.6 is 11.6 Å². The number of carbonyl (C=O) groups excluding carboxylic acids is 1. The Bertz CT molecular complexity index is 742. The summed E-state index contributed by atoms with van der Waals surface area (Å²) in [7, 11) is 1.60.